The molecule has 0 radical (unpaired) electrons. The molecule has 3 aromatic rings. The molecule has 2 saturated heterocycles. The van der Waals surface area contributed by atoms with Gasteiger partial charge in [-0.2, -0.15) is 13.2 Å². The van der Waals surface area contributed by atoms with Crippen LogP contribution in [-0.2, 0) is 4.79 Å². The van der Waals surface area contributed by atoms with E-state index in [4.69, 9.17) is 19.2 Å². The fourth-order valence-electron chi connectivity index (χ4n) is 5.51. The van der Waals surface area contributed by atoms with Gasteiger partial charge in [-0.05, 0) is 71.4 Å². The molecule has 1 N–H and O–H groups in total. The van der Waals surface area contributed by atoms with Gasteiger partial charge in [-0.25, -0.2) is 9.78 Å². The summed E-state index contributed by atoms with van der Waals surface area (Å²) in [6, 6.07) is 9.11. The number of carbonyl (C=O) groups is 1. The highest BCUT2D eigenvalue weighted by Gasteiger charge is 2.42. The number of hydrogen-bond acceptors (Lipinski definition) is 8. The van der Waals surface area contributed by atoms with E-state index in [9.17, 15) is 18.0 Å². The molecule has 0 aliphatic carbocycles. The number of anilines is 1. The fraction of sp³-hybridized carbons (Fsp3) is 0.517. The van der Waals surface area contributed by atoms with Crippen molar-refractivity contribution in [1.82, 2.24) is 14.8 Å². The molecule has 216 valence electrons. The number of carbonyl (C=O) groups excluding carboxylic acids is 1. The SMILES string of the molecule is COc1c(OCCCN2CCCC2)cc2nc3ccccc3c(NC3CCN(C)CC3)c2c1OC(=O)C(F)(F)F. The van der Waals surface area contributed by atoms with E-state index in [1.807, 2.05) is 24.3 Å². The summed E-state index contributed by atoms with van der Waals surface area (Å²) in [6.07, 6.45) is -0.409. The Morgan fingerprint density at radius 3 is 2.50 bits per heavy atom. The number of likely N-dealkylation sites (tertiary alicyclic amines) is 2. The van der Waals surface area contributed by atoms with E-state index in [1.54, 1.807) is 6.07 Å². The summed E-state index contributed by atoms with van der Waals surface area (Å²) >= 11 is 0. The summed E-state index contributed by atoms with van der Waals surface area (Å²) in [5, 5.41) is 4.51. The molecule has 0 unspecified atom stereocenters. The second-order valence-electron chi connectivity index (χ2n) is 10.5. The van der Waals surface area contributed by atoms with Gasteiger partial charge in [0.25, 0.3) is 0 Å². The first-order chi connectivity index (χ1) is 19.2. The number of halogens is 3. The molecule has 40 heavy (non-hydrogen) atoms. The maximum atomic E-state index is 13.4. The fourth-order valence-corrected chi connectivity index (χ4v) is 5.51. The maximum Gasteiger partial charge on any atom is 0.491 e. The molecule has 0 amide bonds. The van der Waals surface area contributed by atoms with E-state index in [0.717, 1.165) is 52.0 Å². The van der Waals surface area contributed by atoms with Crippen LogP contribution in [0.5, 0.6) is 17.2 Å². The number of benzene rings is 2. The van der Waals surface area contributed by atoms with Crippen molar-refractivity contribution in [3.63, 3.8) is 0 Å². The standard InChI is InChI=1S/C29H35F3N4O4/c1-35-15-10-19(11-16-35)33-25-20-8-3-4-9-21(20)34-22-18-23(39-17-7-14-36-12-5-6-13-36)26(38-2)27(24(22)25)40-28(37)29(30,31)32/h3-4,8-9,18-19H,5-7,10-17H2,1-2H3,(H,33,34). The lowest BCUT2D eigenvalue weighted by Gasteiger charge is -2.31. The van der Waals surface area contributed by atoms with Crippen LogP contribution < -0.4 is 19.5 Å². The number of ether oxygens (including phenoxy) is 3. The number of hydrogen-bond donors (Lipinski definition) is 1. The van der Waals surface area contributed by atoms with Crippen molar-refractivity contribution in [3.8, 4) is 17.2 Å². The molecule has 2 fully saturated rings. The summed E-state index contributed by atoms with van der Waals surface area (Å²) in [7, 11) is 3.38. The molecule has 3 heterocycles. The Morgan fingerprint density at radius 1 is 1.07 bits per heavy atom. The normalized spacial score (nSPS) is 17.4. The number of piperidine rings is 1. The number of aromatic nitrogens is 1. The number of esters is 1. The van der Waals surface area contributed by atoms with Crippen LogP contribution in [0.25, 0.3) is 21.8 Å². The Morgan fingerprint density at radius 2 is 1.80 bits per heavy atom. The Kier molecular flexibility index (Phi) is 8.51. The van der Waals surface area contributed by atoms with E-state index >= 15 is 0 Å². The third-order valence-electron chi connectivity index (χ3n) is 7.62. The van der Waals surface area contributed by atoms with Crippen molar-refractivity contribution >= 4 is 33.5 Å². The Balaban J connectivity index is 1.60. The average molecular weight is 561 g/mol. The molecule has 0 saturated carbocycles. The largest absolute Gasteiger partial charge is 0.491 e. The van der Waals surface area contributed by atoms with E-state index in [1.165, 1.54) is 20.0 Å². The zero-order chi connectivity index (χ0) is 28.3. The van der Waals surface area contributed by atoms with Gasteiger partial charge < -0.3 is 29.3 Å². The van der Waals surface area contributed by atoms with Gasteiger partial charge in [0.15, 0.2) is 11.5 Å². The van der Waals surface area contributed by atoms with Crippen LogP contribution in [0.15, 0.2) is 30.3 Å². The van der Waals surface area contributed by atoms with Gasteiger partial charge in [0.2, 0.25) is 5.75 Å². The number of methoxy groups -OCH3 is 1. The molecule has 2 aliphatic rings. The van der Waals surface area contributed by atoms with Crippen LogP contribution >= 0.6 is 0 Å². The van der Waals surface area contributed by atoms with Gasteiger partial charge in [0.05, 0.1) is 35.8 Å². The van der Waals surface area contributed by atoms with Crippen molar-refractivity contribution < 1.29 is 32.2 Å². The first-order valence-electron chi connectivity index (χ1n) is 13.8. The van der Waals surface area contributed by atoms with Crippen molar-refractivity contribution in [3.05, 3.63) is 30.3 Å². The molecule has 0 atom stereocenters. The summed E-state index contributed by atoms with van der Waals surface area (Å²) < 4.78 is 57.0. The topological polar surface area (TPSA) is 76.2 Å². The van der Waals surface area contributed by atoms with E-state index in [0.29, 0.717) is 28.7 Å². The quantitative estimate of drug-likeness (QED) is 0.165. The minimum atomic E-state index is -5.20. The molecule has 2 aliphatic heterocycles. The molecular formula is C29H35F3N4O4. The van der Waals surface area contributed by atoms with Gasteiger partial charge in [-0.3, -0.25) is 0 Å². The molecule has 0 bridgehead atoms. The number of fused-ring (bicyclic) bond motifs is 2. The van der Waals surface area contributed by atoms with Crippen LogP contribution in [0.1, 0.15) is 32.1 Å². The third-order valence-corrected chi connectivity index (χ3v) is 7.62. The van der Waals surface area contributed by atoms with Gasteiger partial charge in [-0.15, -0.1) is 0 Å². The molecule has 11 heteroatoms. The highest BCUT2D eigenvalue weighted by Crippen LogP contribution is 2.48. The average Bonchev–Trinajstić information content (AvgIpc) is 3.45. The molecule has 1 aromatic heterocycles. The van der Waals surface area contributed by atoms with Crippen molar-refractivity contribution in [2.45, 2.75) is 44.3 Å². The molecule has 2 aromatic carbocycles. The van der Waals surface area contributed by atoms with Crippen LogP contribution in [0.4, 0.5) is 18.9 Å². The number of alkyl halides is 3. The van der Waals surface area contributed by atoms with Crippen molar-refractivity contribution in [1.29, 1.82) is 0 Å². The lowest BCUT2D eigenvalue weighted by atomic mass is 10.0. The zero-order valence-corrected chi connectivity index (χ0v) is 22.9. The summed E-state index contributed by atoms with van der Waals surface area (Å²) in [6.45, 7) is 5.06. The third kappa shape index (κ3) is 6.20. The number of para-hydroxylation sites is 1. The van der Waals surface area contributed by atoms with Crippen LogP contribution in [0.3, 0.4) is 0 Å². The lowest BCUT2D eigenvalue weighted by molar-refractivity contribution is -0.189. The Hall–Kier alpha value is -3.31. The number of pyridine rings is 1. The molecular weight excluding hydrogens is 525 g/mol. The van der Waals surface area contributed by atoms with Gasteiger partial charge in [0.1, 0.15) is 0 Å². The Bertz CT molecular complexity index is 1350. The zero-order valence-electron chi connectivity index (χ0n) is 22.9. The number of nitrogens with zero attached hydrogens (tertiary/aromatic N) is 3. The summed E-state index contributed by atoms with van der Waals surface area (Å²) in [5.74, 6) is -2.59. The minimum Gasteiger partial charge on any atom is -0.490 e. The molecule has 5 rings (SSSR count). The molecule has 8 nitrogen and oxygen atoms in total. The lowest BCUT2D eigenvalue weighted by Crippen LogP contribution is -2.36. The maximum absolute atomic E-state index is 13.4. The number of nitrogens with one attached hydrogen (secondary N) is 1. The number of rotatable bonds is 9. The first-order valence-corrected chi connectivity index (χ1v) is 13.8. The van der Waals surface area contributed by atoms with Gasteiger partial charge in [-0.1, -0.05) is 18.2 Å². The van der Waals surface area contributed by atoms with Crippen molar-refractivity contribution in [2.75, 3.05) is 58.8 Å². The van der Waals surface area contributed by atoms with Gasteiger partial charge in [0, 0.05) is 24.0 Å². The minimum absolute atomic E-state index is 0.0730. The second kappa shape index (κ2) is 12.1. The Labute approximate surface area is 231 Å². The van der Waals surface area contributed by atoms with Crippen LogP contribution in [0.2, 0.25) is 0 Å². The second-order valence-corrected chi connectivity index (χ2v) is 10.5. The van der Waals surface area contributed by atoms with E-state index in [-0.39, 0.29) is 28.7 Å². The summed E-state index contributed by atoms with van der Waals surface area (Å²) in [4.78, 5) is 21.5. The predicted molar refractivity (Wildman–Crippen MR) is 147 cm³/mol. The van der Waals surface area contributed by atoms with Crippen LogP contribution in [-0.4, -0.2) is 86.5 Å². The van der Waals surface area contributed by atoms with Crippen LogP contribution in [0, 0.1) is 0 Å². The van der Waals surface area contributed by atoms with Gasteiger partial charge >= 0.3 is 12.1 Å². The highest BCUT2D eigenvalue weighted by atomic mass is 19.4. The summed E-state index contributed by atoms with van der Waals surface area (Å²) in [5.41, 5.74) is 1.55. The monoisotopic (exact) mass is 560 g/mol. The smallest absolute Gasteiger partial charge is 0.490 e. The van der Waals surface area contributed by atoms with E-state index < -0.39 is 12.1 Å². The predicted octanol–water partition coefficient (Wildman–Crippen LogP) is 5.24. The highest BCUT2D eigenvalue weighted by molar-refractivity contribution is 6.12. The van der Waals surface area contributed by atoms with E-state index in [2.05, 4.69) is 22.2 Å². The van der Waals surface area contributed by atoms with Crippen molar-refractivity contribution in [2.24, 2.45) is 0 Å². The molecule has 0 spiro atoms. The first kappa shape index (κ1) is 28.2.